The van der Waals surface area contributed by atoms with E-state index >= 15 is 0 Å². The predicted molar refractivity (Wildman–Crippen MR) is 120 cm³/mol. The van der Waals surface area contributed by atoms with Crippen LogP contribution in [0, 0.1) is 0 Å². The summed E-state index contributed by atoms with van der Waals surface area (Å²) in [5.74, 6) is 0.0174. The molecule has 0 radical (unpaired) electrons. The molecule has 0 aliphatic heterocycles. The number of likely N-dealkylation sites (N-methyl/N-ethyl adjacent to an activating group) is 1. The first-order chi connectivity index (χ1) is 12.7. The van der Waals surface area contributed by atoms with Crippen LogP contribution >= 0.6 is 0 Å². The number of allylic oxidation sites excluding steroid dienone is 7. The molecular weight excluding hydrogens is 332 g/mol. The molecule has 1 N–H and O–H groups in total. The van der Waals surface area contributed by atoms with Gasteiger partial charge in [-0.25, -0.2) is 0 Å². The third-order valence-electron chi connectivity index (χ3n) is 4.39. The van der Waals surface area contributed by atoms with Crippen LogP contribution in [0.25, 0.3) is 0 Å². The van der Waals surface area contributed by atoms with E-state index in [1.54, 1.807) is 6.08 Å². The molecule has 3 heteroatoms. The minimum absolute atomic E-state index is 0.0174. The average Bonchev–Trinajstić information content (AvgIpc) is 2.53. The molecule has 0 heterocycles. The van der Waals surface area contributed by atoms with Crippen LogP contribution in [0.1, 0.15) is 73.1 Å². The highest BCUT2D eigenvalue weighted by Crippen LogP contribution is 2.13. The Morgan fingerprint density at radius 1 is 0.778 bits per heavy atom. The molecule has 3 nitrogen and oxygen atoms in total. The molecular formula is C24H42N2O. The number of nitrogens with zero attached hydrogens (tertiary/aromatic N) is 1. The first-order valence-corrected chi connectivity index (χ1v) is 10.2. The zero-order valence-corrected chi connectivity index (χ0v) is 18.8. The minimum Gasteiger partial charge on any atom is -0.351 e. The normalized spacial score (nSPS) is 13.1. The zero-order valence-electron chi connectivity index (χ0n) is 18.8. The molecule has 0 aromatic heterocycles. The SMILES string of the molecule is CC(C)=CCCC(C)=CCCC(C)=CCCC(C)=CC(=O)NCCN(C)C. The molecule has 0 rings (SSSR count). The van der Waals surface area contributed by atoms with Crippen LogP contribution in [0.2, 0.25) is 0 Å². The van der Waals surface area contributed by atoms with Crippen molar-refractivity contribution in [1.82, 2.24) is 10.2 Å². The number of carbonyl (C=O) groups excluding carboxylic acids is 1. The molecule has 1 amide bonds. The van der Waals surface area contributed by atoms with E-state index in [-0.39, 0.29) is 5.91 Å². The van der Waals surface area contributed by atoms with E-state index in [9.17, 15) is 4.79 Å². The molecule has 27 heavy (non-hydrogen) atoms. The van der Waals surface area contributed by atoms with E-state index in [1.165, 1.54) is 16.7 Å². The van der Waals surface area contributed by atoms with Crippen molar-refractivity contribution in [2.45, 2.75) is 73.1 Å². The lowest BCUT2D eigenvalue weighted by molar-refractivity contribution is -0.116. The summed E-state index contributed by atoms with van der Waals surface area (Å²) in [5.41, 5.74) is 5.46. The largest absolute Gasteiger partial charge is 0.351 e. The van der Waals surface area contributed by atoms with Crippen molar-refractivity contribution in [3.8, 4) is 0 Å². The van der Waals surface area contributed by atoms with Gasteiger partial charge in [-0.15, -0.1) is 0 Å². The number of carbonyl (C=O) groups is 1. The monoisotopic (exact) mass is 374 g/mol. The molecule has 0 bridgehead atoms. The number of amides is 1. The van der Waals surface area contributed by atoms with Crippen molar-refractivity contribution < 1.29 is 4.79 Å². The molecule has 0 fully saturated rings. The molecule has 0 aliphatic carbocycles. The van der Waals surface area contributed by atoms with Gasteiger partial charge in [0.15, 0.2) is 0 Å². The van der Waals surface area contributed by atoms with E-state index in [2.05, 4.69) is 56.1 Å². The van der Waals surface area contributed by atoms with Crippen molar-refractivity contribution in [1.29, 1.82) is 0 Å². The second-order valence-electron chi connectivity index (χ2n) is 8.08. The van der Waals surface area contributed by atoms with Crippen molar-refractivity contribution in [2.24, 2.45) is 0 Å². The molecule has 0 saturated carbocycles. The summed E-state index contributed by atoms with van der Waals surface area (Å²) >= 11 is 0. The van der Waals surface area contributed by atoms with Crippen molar-refractivity contribution in [2.75, 3.05) is 27.2 Å². The van der Waals surface area contributed by atoms with Gasteiger partial charge in [0.05, 0.1) is 0 Å². The second kappa shape index (κ2) is 15.4. The van der Waals surface area contributed by atoms with Gasteiger partial charge in [-0.05, 0) is 87.2 Å². The lowest BCUT2D eigenvalue weighted by atomic mass is 10.0. The third-order valence-corrected chi connectivity index (χ3v) is 4.39. The summed E-state index contributed by atoms with van der Waals surface area (Å²) < 4.78 is 0. The number of nitrogens with one attached hydrogen (secondary N) is 1. The maximum atomic E-state index is 11.8. The van der Waals surface area contributed by atoms with Crippen LogP contribution in [-0.2, 0) is 4.79 Å². The van der Waals surface area contributed by atoms with Gasteiger partial charge < -0.3 is 10.2 Å². The van der Waals surface area contributed by atoms with Crippen LogP contribution in [0.15, 0.2) is 46.6 Å². The molecule has 0 atom stereocenters. The summed E-state index contributed by atoms with van der Waals surface area (Å²) in [6.07, 6.45) is 15.2. The van der Waals surface area contributed by atoms with Crippen molar-refractivity contribution in [3.05, 3.63) is 46.6 Å². The molecule has 0 aromatic rings. The van der Waals surface area contributed by atoms with Crippen LogP contribution in [0.5, 0.6) is 0 Å². The number of hydrogen-bond donors (Lipinski definition) is 1. The Morgan fingerprint density at radius 2 is 1.26 bits per heavy atom. The molecule has 0 aliphatic rings. The lowest BCUT2D eigenvalue weighted by Crippen LogP contribution is -2.30. The minimum atomic E-state index is 0.0174. The van der Waals surface area contributed by atoms with Gasteiger partial charge in [-0.3, -0.25) is 4.79 Å². The fraction of sp³-hybridized carbons (Fsp3) is 0.625. The molecule has 0 aromatic carbocycles. The highest BCUT2D eigenvalue weighted by Gasteiger charge is 1.98. The topological polar surface area (TPSA) is 32.3 Å². The summed E-state index contributed by atoms with van der Waals surface area (Å²) in [4.78, 5) is 13.9. The highest BCUT2D eigenvalue weighted by molar-refractivity contribution is 5.88. The first-order valence-electron chi connectivity index (χ1n) is 10.2. The van der Waals surface area contributed by atoms with Gasteiger partial charge in [0.1, 0.15) is 0 Å². The standard InChI is InChI=1S/C24H42N2O/c1-20(2)11-8-12-21(3)13-9-14-22(4)15-10-16-23(5)19-24(27)25-17-18-26(6)7/h11,13,15,19H,8-10,12,14,16-18H2,1-7H3,(H,25,27). The zero-order chi connectivity index (χ0) is 20.7. The fourth-order valence-electron chi connectivity index (χ4n) is 2.63. The van der Waals surface area contributed by atoms with Gasteiger partial charge >= 0.3 is 0 Å². The van der Waals surface area contributed by atoms with E-state index in [1.807, 2.05) is 21.0 Å². The Labute approximate surface area is 168 Å². The Balaban J connectivity index is 4.08. The van der Waals surface area contributed by atoms with Crippen LogP contribution < -0.4 is 5.32 Å². The van der Waals surface area contributed by atoms with Gasteiger partial charge in [-0.2, -0.15) is 0 Å². The highest BCUT2D eigenvalue weighted by atomic mass is 16.1. The summed E-state index contributed by atoms with van der Waals surface area (Å²) in [5, 5.41) is 2.92. The van der Waals surface area contributed by atoms with Gasteiger partial charge in [-0.1, -0.05) is 40.5 Å². The molecule has 0 spiro atoms. The Kier molecular flexibility index (Phi) is 14.5. The molecule has 0 saturated heterocycles. The smallest absolute Gasteiger partial charge is 0.243 e. The maximum Gasteiger partial charge on any atom is 0.243 e. The molecule has 0 unspecified atom stereocenters. The van der Waals surface area contributed by atoms with Crippen molar-refractivity contribution >= 4 is 5.91 Å². The summed E-state index contributed by atoms with van der Waals surface area (Å²) in [7, 11) is 4.01. The lowest BCUT2D eigenvalue weighted by Gasteiger charge is -2.09. The fourth-order valence-corrected chi connectivity index (χ4v) is 2.63. The number of rotatable bonds is 13. The Morgan fingerprint density at radius 3 is 1.74 bits per heavy atom. The third kappa shape index (κ3) is 17.6. The Hall–Kier alpha value is -1.61. The van der Waals surface area contributed by atoms with Gasteiger partial charge in [0.25, 0.3) is 0 Å². The van der Waals surface area contributed by atoms with E-state index in [4.69, 9.17) is 0 Å². The van der Waals surface area contributed by atoms with Gasteiger partial charge in [0.2, 0.25) is 5.91 Å². The first kappa shape index (κ1) is 25.4. The van der Waals surface area contributed by atoms with Crippen LogP contribution in [0.4, 0.5) is 0 Å². The summed E-state index contributed by atoms with van der Waals surface area (Å²) in [6, 6.07) is 0. The quantitative estimate of drug-likeness (QED) is 0.326. The number of hydrogen-bond acceptors (Lipinski definition) is 2. The van der Waals surface area contributed by atoms with Gasteiger partial charge in [0, 0.05) is 19.2 Å². The van der Waals surface area contributed by atoms with E-state index < -0.39 is 0 Å². The Bertz CT molecular complexity index is 547. The molecule has 154 valence electrons. The van der Waals surface area contributed by atoms with Crippen LogP contribution in [0.3, 0.4) is 0 Å². The van der Waals surface area contributed by atoms with E-state index in [0.29, 0.717) is 6.54 Å². The average molecular weight is 375 g/mol. The van der Waals surface area contributed by atoms with Crippen LogP contribution in [-0.4, -0.2) is 38.0 Å². The summed E-state index contributed by atoms with van der Waals surface area (Å²) in [6.45, 7) is 12.3. The van der Waals surface area contributed by atoms with E-state index in [0.717, 1.165) is 50.6 Å². The van der Waals surface area contributed by atoms with Crippen molar-refractivity contribution in [3.63, 3.8) is 0 Å². The predicted octanol–water partition coefficient (Wildman–Crippen LogP) is 5.81. The maximum absolute atomic E-state index is 11.8. The second-order valence-corrected chi connectivity index (χ2v) is 8.08.